The third-order valence-electron chi connectivity index (χ3n) is 5.09. The number of hydrogen-bond donors (Lipinski definition) is 1. The number of rotatable bonds is 6. The number of likely N-dealkylation sites (N-methyl/N-ethyl adjacent to an activating group) is 1. The minimum Gasteiger partial charge on any atom is -0.371 e. The second-order valence-corrected chi connectivity index (χ2v) is 7.83. The Labute approximate surface area is 148 Å². The van der Waals surface area contributed by atoms with Crippen molar-refractivity contribution in [2.24, 2.45) is 5.92 Å². The van der Waals surface area contributed by atoms with Crippen molar-refractivity contribution in [1.82, 2.24) is 15.2 Å². The molecule has 3 heterocycles. The molecule has 0 spiro atoms. The highest BCUT2D eigenvalue weighted by Crippen LogP contribution is 2.35. The Balaban J connectivity index is 1.64. The van der Waals surface area contributed by atoms with Gasteiger partial charge in [-0.2, -0.15) is 11.8 Å². The standard InChI is InChI=1S/C18H27N3O2S/c1-19-18(22)13-23-12-14-10-21(15-5-8-24-9-6-15)11-16(14)17-4-2-3-7-20-17/h2-4,7,14-16H,5-6,8-13H2,1H3,(H,19,22)/t14-,16+/m0/s1. The zero-order chi connectivity index (χ0) is 16.8. The molecule has 0 bridgehead atoms. The predicted octanol–water partition coefficient (Wildman–Crippen LogP) is 1.76. The lowest BCUT2D eigenvalue weighted by Gasteiger charge is -2.30. The van der Waals surface area contributed by atoms with E-state index >= 15 is 0 Å². The maximum Gasteiger partial charge on any atom is 0.245 e. The SMILES string of the molecule is CNC(=O)COC[C@@H]1CN(C2CCSCC2)C[C@H]1c1ccccn1. The van der Waals surface area contributed by atoms with E-state index in [4.69, 9.17) is 4.74 Å². The molecule has 0 radical (unpaired) electrons. The molecule has 1 aromatic heterocycles. The van der Waals surface area contributed by atoms with E-state index in [9.17, 15) is 4.79 Å². The summed E-state index contributed by atoms with van der Waals surface area (Å²) in [5.41, 5.74) is 1.15. The van der Waals surface area contributed by atoms with Crippen LogP contribution >= 0.6 is 11.8 Å². The number of carbonyl (C=O) groups is 1. The van der Waals surface area contributed by atoms with Crippen LogP contribution in [-0.4, -0.2) is 66.7 Å². The number of likely N-dealkylation sites (tertiary alicyclic amines) is 1. The molecule has 132 valence electrons. The van der Waals surface area contributed by atoms with Gasteiger partial charge < -0.3 is 10.1 Å². The van der Waals surface area contributed by atoms with Crippen LogP contribution in [-0.2, 0) is 9.53 Å². The molecule has 2 saturated heterocycles. The van der Waals surface area contributed by atoms with Gasteiger partial charge in [0.15, 0.2) is 0 Å². The summed E-state index contributed by atoms with van der Waals surface area (Å²) in [6, 6.07) is 6.84. The Bertz CT molecular complexity index is 522. The van der Waals surface area contributed by atoms with E-state index in [-0.39, 0.29) is 12.5 Å². The second-order valence-electron chi connectivity index (χ2n) is 6.61. The number of carbonyl (C=O) groups excluding carboxylic acids is 1. The van der Waals surface area contributed by atoms with Gasteiger partial charge >= 0.3 is 0 Å². The average Bonchev–Trinajstić information content (AvgIpc) is 3.07. The van der Waals surface area contributed by atoms with Gasteiger partial charge in [-0.05, 0) is 36.5 Å². The zero-order valence-corrected chi connectivity index (χ0v) is 15.1. The Morgan fingerprint density at radius 1 is 1.38 bits per heavy atom. The number of amides is 1. The molecule has 1 N–H and O–H groups in total. The van der Waals surface area contributed by atoms with E-state index in [1.54, 1.807) is 7.05 Å². The van der Waals surface area contributed by atoms with Gasteiger partial charge in [-0.15, -0.1) is 0 Å². The van der Waals surface area contributed by atoms with Crippen LogP contribution in [0.15, 0.2) is 24.4 Å². The Hall–Kier alpha value is -1.11. The van der Waals surface area contributed by atoms with Gasteiger partial charge in [0.2, 0.25) is 5.91 Å². The minimum absolute atomic E-state index is 0.0662. The van der Waals surface area contributed by atoms with Crippen LogP contribution in [0.3, 0.4) is 0 Å². The van der Waals surface area contributed by atoms with Crippen molar-refractivity contribution in [2.75, 3.05) is 44.9 Å². The van der Waals surface area contributed by atoms with E-state index in [1.165, 1.54) is 24.3 Å². The quantitative estimate of drug-likeness (QED) is 0.848. The van der Waals surface area contributed by atoms with Crippen LogP contribution in [0.4, 0.5) is 0 Å². The topological polar surface area (TPSA) is 54.5 Å². The summed E-state index contributed by atoms with van der Waals surface area (Å²) < 4.78 is 5.69. The molecule has 3 rings (SSSR count). The van der Waals surface area contributed by atoms with Crippen LogP contribution in [0.2, 0.25) is 0 Å². The fourth-order valence-corrected chi connectivity index (χ4v) is 4.81. The maximum atomic E-state index is 11.4. The Morgan fingerprint density at radius 2 is 2.21 bits per heavy atom. The summed E-state index contributed by atoms with van der Waals surface area (Å²) in [7, 11) is 1.64. The zero-order valence-electron chi connectivity index (χ0n) is 14.3. The van der Waals surface area contributed by atoms with Crippen molar-refractivity contribution in [1.29, 1.82) is 0 Å². The molecule has 5 nitrogen and oxygen atoms in total. The van der Waals surface area contributed by atoms with Gasteiger partial charge in [0.1, 0.15) is 6.61 Å². The Morgan fingerprint density at radius 3 is 2.92 bits per heavy atom. The molecule has 0 aliphatic carbocycles. The van der Waals surface area contributed by atoms with E-state index in [0.717, 1.165) is 18.8 Å². The van der Waals surface area contributed by atoms with Gasteiger partial charge in [-0.3, -0.25) is 14.7 Å². The third-order valence-corrected chi connectivity index (χ3v) is 6.14. The summed E-state index contributed by atoms with van der Waals surface area (Å²) in [6.45, 7) is 2.86. The fourth-order valence-electron chi connectivity index (χ4n) is 3.73. The monoisotopic (exact) mass is 349 g/mol. The van der Waals surface area contributed by atoms with Crippen LogP contribution in [0.5, 0.6) is 0 Å². The highest BCUT2D eigenvalue weighted by Gasteiger charge is 2.38. The van der Waals surface area contributed by atoms with E-state index in [2.05, 4.69) is 39.1 Å². The summed E-state index contributed by atoms with van der Waals surface area (Å²) in [5.74, 6) is 3.27. The lowest BCUT2D eigenvalue weighted by Crippen LogP contribution is -2.36. The highest BCUT2D eigenvalue weighted by molar-refractivity contribution is 7.99. The first-order chi connectivity index (χ1) is 11.8. The molecular weight excluding hydrogens is 322 g/mol. The molecular formula is C18H27N3O2S. The molecule has 0 aromatic carbocycles. The maximum absolute atomic E-state index is 11.4. The van der Waals surface area contributed by atoms with Gasteiger partial charge in [0.25, 0.3) is 0 Å². The highest BCUT2D eigenvalue weighted by atomic mass is 32.2. The smallest absolute Gasteiger partial charge is 0.245 e. The predicted molar refractivity (Wildman–Crippen MR) is 97.3 cm³/mol. The Kier molecular flexibility index (Phi) is 6.51. The summed E-state index contributed by atoms with van der Waals surface area (Å²) >= 11 is 2.07. The largest absolute Gasteiger partial charge is 0.371 e. The summed E-state index contributed by atoms with van der Waals surface area (Å²) in [6.07, 6.45) is 4.44. The van der Waals surface area contributed by atoms with Crippen LogP contribution < -0.4 is 5.32 Å². The molecule has 6 heteroatoms. The van der Waals surface area contributed by atoms with Crippen molar-refractivity contribution in [3.63, 3.8) is 0 Å². The van der Waals surface area contributed by atoms with Crippen LogP contribution in [0.1, 0.15) is 24.5 Å². The molecule has 0 saturated carbocycles. The fraction of sp³-hybridized carbons (Fsp3) is 0.667. The number of nitrogens with one attached hydrogen (secondary N) is 1. The van der Waals surface area contributed by atoms with Gasteiger partial charge in [0.05, 0.1) is 6.61 Å². The minimum atomic E-state index is -0.0662. The molecule has 1 aromatic rings. The molecule has 2 atom stereocenters. The first-order valence-electron chi connectivity index (χ1n) is 8.79. The van der Waals surface area contributed by atoms with Gasteiger partial charge in [-0.25, -0.2) is 0 Å². The van der Waals surface area contributed by atoms with E-state index in [1.807, 2.05) is 12.3 Å². The number of pyridine rings is 1. The van der Waals surface area contributed by atoms with Crippen molar-refractivity contribution >= 4 is 17.7 Å². The van der Waals surface area contributed by atoms with Crippen LogP contribution in [0.25, 0.3) is 0 Å². The summed E-state index contributed by atoms with van der Waals surface area (Å²) in [4.78, 5) is 18.6. The molecule has 2 fully saturated rings. The molecule has 0 unspecified atom stereocenters. The molecule has 24 heavy (non-hydrogen) atoms. The van der Waals surface area contributed by atoms with Crippen molar-refractivity contribution in [3.05, 3.63) is 30.1 Å². The molecule has 2 aliphatic rings. The van der Waals surface area contributed by atoms with E-state index in [0.29, 0.717) is 24.5 Å². The number of ether oxygens (including phenoxy) is 1. The molecule has 1 amide bonds. The van der Waals surface area contributed by atoms with Crippen molar-refractivity contribution in [2.45, 2.75) is 24.8 Å². The first-order valence-corrected chi connectivity index (χ1v) is 9.94. The lowest BCUT2D eigenvalue weighted by molar-refractivity contribution is -0.125. The number of nitrogens with zero attached hydrogens (tertiary/aromatic N) is 2. The number of thioether (sulfide) groups is 1. The average molecular weight is 350 g/mol. The van der Waals surface area contributed by atoms with Crippen LogP contribution in [0, 0.1) is 5.92 Å². The number of hydrogen-bond acceptors (Lipinski definition) is 5. The first kappa shape index (κ1) is 17.7. The molecule has 2 aliphatic heterocycles. The summed E-state index contributed by atoms with van der Waals surface area (Å²) in [5, 5.41) is 2.60. The van der Waals surface area contributed by atoms with E-state index < -0.39 is 0 Å². The van der Waals surface area contributed by atoms with Gasteiger partial charge in [-0.1, -0.05) is 6.07 Å². The third kappa shape index (κ3) is 4.49. The second kappa shape index (κ2) is 8.83. The lowest BCUT2D eigenvalue weighted by atomic mass is 9.93. The normalized spacial score (nSPS) is 25.7. The van der Waals surface area contributed by atoms with Gasteiger partial charge in [0, 0.05) is 49.9 Å². The van der Waals surface area contributed by atoms with Crippen molar-refractivity contribution in [3.8, 4) is 0 Å². The number of aromatic nitrogens is 1. The van der Waals surface area contributed by atoms with Crippen molar-refractivity contribution < 1.29 is 9.53 Å².